The molecule has 2 aromatic carbocycles. The molecule has 0 bridgehead atoms. The third-order valence-electron chi connectivity index (χ3n) is 3.48. The molecule has 25 heavy (non-hydrogen) atoms. The highest BCUT2D eigenvalue weighted by atomic mass is 16.4. The Morgan fingerprint density at radius 3 is 2.40 bits per heavy atom. The van der Waals surface area contributed by atoms with Crippen molar-refractivity contribution in [1.29, 1.82) is 0 Å². The Labute approximate surface area is 144 Å². The van der Waals surface area contributed by atoms with Crippen molar-refractivity contribution >= 4 is 29.2 Å². The van der Waals surface area contributed by atoms with Crippen LogP contribution >= 0.6 is 0 Å². The van der Waals surface area contributed by atoms with Crippen LogP contribution in [0.25, 0.3) is 0 Å². The molecule has 0 aliphatic heterocycles. The molecule has 0 spiro atoms. The molecule has 0 aliphatic rings. The second-order valence-electron chi connectivity index (χ2n) is 5.42. The van der Waals surface area contributed by atoms with Crippen molar-refractivity contribution in [2.24, 2.45) is 0 Å². The SMILES string of the molecule is Cc1ccccc1C(=O)Nc1ccc(NC(=O)CCC(=O)[O-])cc1O. The zero-order valence-corrected chi connectivity index (χ0v) is 13.5. The second-order valence-corrected chi connectivity index (χ2v) is 5.42. The largest absolute Gasteiger partial charge is 0.550 e. The molecule has 0 atom stereocenters. The summed E-state index contributed by atoms with van der Waals surface area (Å²) in [6, 6.07) is 11.2. The van der Waals surface area contributed by atoms with Gasteiger partial charge in [0.05, 0.1) is 5.69 Å². The molecule has 3 N–H and O–H groups in total. The average Bonchev–Trinajstić information content (AvgIpc) is 2.56. The van der Waals surface area contributed by atoms with Crippen LogP contribution in [0.3, 0.4) is 0 Å². The van der Waals surface area contributed by atoms with E-state index in [0.29, 0.717) is 5.56 Å². The van der Waals surface area contributed by atoms with Gasteiger partial charge in [-0.05, 0) is 37.1 Å². The van der Waals surface area contributed by atoms with E-state index in [1.165, 1.54) is 18.2 Å². The van der Waals surface area contributed by atoms with Crippen LogP contribution in [0.4, 0.5) is 11.4 Å². The highest BCUT2D eigenvalue weighted by Gasteiger charge is 2.12. The number of amides is 2. The maximum Gasteiger partial charge on any atom is 0.256 e. The van der Waals surface area contributed by atoms with Crippen LogP contribution < -0.4 is 15.7 Å². The molecule has 0 unspecified atom stereocenters. The van der Waals surface area contributed by atoms with Gasteiger partial charge >= 0.3 is 0 Å². The number of rotatable bonds is 6. The summed E-state index contributed by atoms with van der Waals surface area (Å²) in [5.74, 6) is -2.41. The standard InChI is InChI=1S/C18H18N2O5/c1-11-4-2-3-5-13(11)18(25)20-14-7-6-12(10-15(14)21)19-16(22)8-9-17(23)24/h2-7,10,21H,8-9H2,1H3,(H,19,22)(H,20,25)(H,23,24)/p-1. The van der Waals surface area contributed by atoms with E-state index in [1.54, 1.807) is 25.1 Å². The van der Waals surface area contributed by atoms with Gasteiger partial charge in [0.1, 0.15) is 5.75 Å². The third-order valence-corrected chi connectivity index (χ3v) is 3.48. The minimum Gasteiger partial charge on any atom is -0.550 e. The number of aromatic hydroxyl groups is 1. The lowest BCUT2D eigenvalue weighted by Gasteiger charge is -2.11. The first-order valence-corrected chi connectivity index (χ1v) is 7.56. The summed E-state index contributed by atoms with van der Waals surface area (Å²) in [6.07, 6.45) is -0.614. The van der Waals surface area contributed by atoms with Crippen molar-refractivity contribution in [3.05, 3.63) is 53.6 Å². The maximum absolute atomic E-state index is 12.2. The number of aliphatic carboxylic acids is 1. The molecule has 0 aromatic heterocycles. The topological polar surface area (TPSA) is 119 Å². The van der Waals surface area contributed by atoms with E-state index >= 15 is 0 Å². The van der Waals surface area contributed by atoms with Crippen molar-refractivity contribution < 1.29 is 24.6 Å². The zero-order chi connectivity index (χ0) is 18.4. The van der Waals surface area contributed by atoms with Gasteiger partial charge in [-0.3, -0.25) is 9.59 Å². The number of nitrogens with one attached hydrogen (secondary N) is 2. The molecule has 0 fully saturated rings. The summed E-state index contributed by atoms with van der Waals surface area (Å²) in [7, 11) is 0. The van der Waals surface area contributed by atoms with Crippen molar-refractivity contribution in [1.82, 2.24) is 0 Å². The highest BCUT2D eigenvalue weighted by molar-refractivity contribution is 6.06. The van der Waals surface area contributed by atoms with Gasteiger partial charge in [-0.1, -0.05) is 18.2 Å². The van der Waals surface area contributed by atoms with Gasteiger partial charge in [-0.2, -0.15) is 0 Å². The van der Waals surface area contributed by atoms with E-state index in [2.05, 4.69) is 10.6 Å². The smallest absolute Gasteiger partial charge is 0.256 e. The molecule has 0 aliphatic carbocycles. The first-order valence-electron chi connectivity index (χ1n) is 7.56. The molecule has 0 heterocycles. The molecule has 7 nitrogen and oxygen atoms in total. The Morgan fingerprint density at radius 2 is 1.76 bits per heavy atom. The van der Waals surface area contributed by atoms with E-state index in [0.717, 1.165) is 5.56 Å². The van der Waals surface area contributed by atoms with Gasteiger partial charge in [-0.25, -0.2) is 0 Å². The predicted molar refractivity (Wildman–Crippen MR) is 90.1 cm³/mol. The molecule has 7 heteroatoms. The minimum atomic E-state index is -1.31. The van der Waals surface area contributed by atoms with Crippen LogP contribution in [0.5, 0.6) is 5.75 Å². The number of carboxylic acids is 1. The van der Waals surface area contributed by atoms with E-state index in [-0.39, 0.29) is 35.9 Å². The van der Waals surface area contributed by atoms with Gasteiger partial charge in [0.2, 0.25) is 5.91 Å². The summed E-state index contributed by atoms with van der Waals surface area (Å²) in [5, 5.41) is 25.4. The van der Waals surface area contributed by atoms with Gasteiger partial charge in [-0.15, -0.1) is 0 Å². The first kappa shape index (κ1) is 18.0. The first-order chi connectivity index (χ1) is 11.9. The number of carbonyl (C=O) groups is 3. The molecule has 2 rings (SSSR count). The van der Waals surface area contributed by atoms with E-state index < -0.39 is 11.9 Å². The predicted octanol–water partition coefficient (Wildman–Crippen LogP) is 1.42. The quantitative estimate of drug-likeness (QED) is 0.687. The minimum absolute atomic E-state index is 0.195. The van der Waals surface area contributed by atoms with Crippen LogP contribution in [-0.2, 0) is 9.59 Å². The van der Waals surface area contributed by atoms with Crippen LogP contribution in [0.1, 0.15) is 28.8 Å². The van der Waals surface area contributed by atoms with Crippen molar-refractivity contribution in [2.45, 2.75) is 19.8 Å². The number of hydrogen-bond acceptors (Lipinski definition) is 5. The van der Waals surface area contributed by atoms with Crippen LogP contribution in [-0.4, -0.2) is 22.9 Å². The fourth-order valence-electron chi connectivity index (χ4n) is 2.17. The van der Waals surface area contributed by atoms with Crippen molar-refractivity contribution in [3.63, 3.8) is 0 Å². The Balaban J connectivity index is 2.04. The Hall–Kier alpha value is -3.35. The number of aryl methyl sites for hydroxylation is 1. The molecule has 0 radical (unpaired) electrons. The van der Waals surface area contributed by atoms with Crippen LogP contribution in [0, 0.1) is 6.92 Å². The van der Waals surface area contributed by atoms with Crippen molar-refractivity contribution in [2.75, 3.05) is 10.6 Å². The number of phenols is 1. The number of carbonyl (C=O) groups excluding carboxylic acids is 3. The van der Waals surface area contributed by atoms with E-state index in [9.17, 15) is 24.6 Å². The van der Waals surface area contributed by atoms with E-state index in [4.69, 9.17) is 0 Å². The molecular weight excluding hydrogens is 324 g/mol. The molecule has 2 amide bonds. The fraction of sp³-hybridized carbons (Fsp3) is 0.167. The Bertz CT molecular complexity index is 817. The van der Waals surface area contributed by atoms with Crippen LogP contribution in [0.15, 0.2) is 42.5 Å². The third kappa shape index (κ3) is 5.07. The molecule has 0 saturated heterocycles. The fourth-order valence-corrected chi connectivity index (χ4v) is 2.17. The molecular formula is C18H17N2O5-. The van der Waals surface area contributed by atoms with Crippen LogP contribution in [0.2, 0.25) is 0 Å². The summed E-state index contributed by atoms with van der Waals surface area (Å²) >= 11 is 0. The maximum atomic E-state index is 12.2. The molecule has 2 aromatic rings. The lowest BCUT2D eigenvalue weighted by molar-refractivity contribution is -0.305. The summed E-state index contributed by atoms with van der Waals surface area (Å²) in [5.41, 5.74) is 1.77. The number of hydrogen-bond donors (Lipinski definition) is 3. The van der Waals surface area contributed by atoms with Gasteiger partial charge < -0.3 is 25.6 Å². The summed E-state index contributed by atoms with van der Waals surface area (Å²) in [4.78, 5) is 34.1. The van der Waals surface area contributed by atoms with Crippen molar-refractivity contribution in [3.8, 4) is 5.75 Å². The van der Waals surface area contributed by atoms with E-state index in [1.807, 2.05) is 6.07 Å². The lowest BCUT2D eigenvalue weighted by Crippen LogP contribution is -2.24. The van der Waals surface area contributed by atoms with Gasteiger partial charge in [0, 0.05) is 29.7 Å². The number of anilines is 2. The molecule has 0 saturated carbocycles. The average molecular weight is 341 g/mol. The molecule has 130 valence electrons. The number of carboxylic acid groups (broad SMARTS) is 1. The number of phenolic OH excluding ortho intramolecular Hbond substituents is 1. The number of benzene rings is 2. The zero-order valence-electron chi connectivity index (χ0n) is 13.5. The lowest BCUT2D eigenvalue weighted by atomic mass is 10.1. The second kappa shape index (κ2) is 7.96. The van der Waals surface area contributed by atoms with Gasteiger partial charge in [0.15, 0.2) is 0 Å². The Kier molecular flexibility index (Phi) is 5.73. The highest BCUT2D eigenvalue weighted by Crippen LogP contribution is 2.27. The Morgan fingerprint density at radius 1 is 1.04 bits per heavy atom. The summed E-state index contributed by atoms with van der Waals surface area (Å²) in [6.45, 7) is 1.81. The van der Waals surface area contributed by atoms with Gasteiger partial charge in [0.25, 0.3) is 5.91 Å². The monoisotopic (exact) mass is 341 g/mol. The summed E-state index contributed by atoms with van der Waals surface area (Å²) < 4.78 is 0. The normalized spacial score (nSPS) is 10.1.